The van der Waals surface area contributed by atoms with E-state index in [0.717, 1.165) is 0 Å². The maximum Gasteiger partial charge on any atom is 0.293 e. The highest BCUT2D eigenvalue weighted by atomic mass is 16.6. The Kier molecular flexibility index (Phi) is 4.76. The van der Waals surface area contributed by atoms with Gasteiger partial charge in [0.25, 0.3) is 12.2 Å². The predicted molar refractivity (Wildman–Crippen MR) is 61.6 cm³/mol. The van der Waals surface area contributed by atoms with Crippen molar-refractivity contribution in [2.45, 2.75) is 6.61 Å². The number of hydrogen-bond donors (Lipinski definition) is 2. The van der Waals surface area contributed by atoms with Crippen LogP contribution in [-0.2, 0) is 20.9 Å². The third kappa shape index (κ3) is 3.25. The number of nitrogens with two attached hydrogens (primary N) is 1. The first-order valence-corrected chi connectivity index (χ1v) is 4.91. The second-order valence-corrected chi connectivity index (χ2v) is 3.23. The summed E-state index contributed by atoms with van der Waals surface area (Å²) in [5.74, 6) is -0.573. The van der Waals surface area contributed by atoms with Crippen LogP contribution in [0.2, 0.25) is 0 Å². The number of carbonyl (C=O) groups is 2. The topological polar surface area (TPSA) is 125 Å². The summed E-state index contributed by atoms with van der Waals surface area (Å²) >= 11 is 0. The summed E-state index contributed by atoms with van der Waals surface area (Å²) in [5, 5.41) is 13.1. The molecule has 0 bridgehead atoms. The Hall–Kier alpha value is -2.48. The number of benzene rings is 1. The summed E-state index contributed by atoms with van der Waals surface area (Å²) in [5.41, 5.74) is 5.14. The van der Waals surface area contributed by atoms with Crippen LogP contribution in [0.3, 0.4) is 0 Å². The minimum absolute atomic E-state index is 0.0141. The number of hydrogen-bond acceptors (Lipinski definition) is 6. The van der Waals surface area contributed by atoms with E-state index in [-0.39, 0.29) is 31.0 Å². The number of amides is 1. The Morgan fingerprint density at radius 2 is 2.28 bits per heavy atom. The Morgan fingerprint density at radius 1 is 1.56 bits per heavy atom. The molecule has 0 heterocycles. The van der Waals surface area contributed by atoms with Crippen molar-refractivity contribution in [1.82, 2.24) is 0 Å². The lowest BCUT2D eigenvalue weighted by atomic mass is 10.1. The van der Waals surface area contributed by atoms with Gasteiger partial charge in [-0.25, -0.2) is 0 Å². The third-order valence-corrected chi connectivity index (χ3v) is 2.08. The van der Waals surface area contributed by atoms with Gasteiger partial charge in [0.1, 0.15) is 12.3 Å². The summed E-state index contributed by atoms with van der Waals surface area (Å²) in [6, 6.07) is 4.17. The molecular weight excluding hydrogens is 242 g/mol. The van der Waals surface area contributed by atoms with Crippen molar-refractivity contribution < 1.29 is 19.2 Å². The molecule has 18 heavy (non-hydrogen) atoms. The molecule has 0 atom stereocenters. The molecule has 0 fully saturated rings. The average Bonchev–Trinajstić information content (AvgIpc) is 2.36. The fraction of sp³-hybridized carbons (Fsp3) is 0.200. The summed E-state index contributed by atoms with van der Waals surface area (Å²) in [6.07, 6.45) is 0. The number of nitro benzene ring substituents is 1. The second kappa shape index (κ2) is 6.30. The Bertz CT molecular complexity index is 475. The van der Waals surface area contributed by atoms with Crippen LogP contribution in [0.1, 0.15) is 5.56 Å². The fourth-order valence-corrected chi connectivity index (χ4v) is 1.32. The van der Waals surface area contributed by atoms with Gasteiger partial charge in [0, 0.05) is 11.6 Å². The monoisotopic (exact) mass is 253 g/mol. The van der Waals surface area contributed by atoms with Gasteiger partial charge >= 0.3 is 0 Å². The molecule has 3 N–H and O–H groups in total. The van der Waals surface area contributed by atoms with Crippen LogP contribution in [0, 0.1) is 10.1 Å². The van der Waals surface area contributed by atoms with E-state index in [4.69, 9.17) is 5.73 Å². The van der Waals surface area contributed by atoms with Crippen LogP contribution in [0.25, 0.3) is 0 Å². The van der Waals surface area contributed by atoms with E-state index in [1.807, 2.05) is 0 Å². The first-order chi connectivity index (χ1) is 8.60. The molecule has 0 aliphatic rings. The van der Waals surface area contributed by atoms with Crippen LogP contribution < -0.4 is 11.1 Å². The van der Waals surface area contributed by atoms with Crippen molar-refractivity contribution in [3.05, 3.63) is 33.9 Å². The van der Waals surface area contributed by atoms with Crippen LogP contribution in [0.15, 0.2) is 18.2 Å². The van der Waals surface area contributed by atoms with Gasteiger partial charge in [0.15, 0.2) is 0 Å². The molecule has 0 aliphatic carbocycles. The highest BCUT2D eigenvalue weighted by Gasteiger charge is 2.19. The van der Waals surface area contributed by atoms with E-state index in [1.165, 1.54) is 18.2 Å². The highest BCUT2D eigenvalue weighted by Crippen LogP contribution is 2.28. The maximum absolute atomic E-state index is 11.2. The van der Waals surface area contributed by atoms with Crippen molar-refractivity contribution in [3.8, 4) is 0 Å². The van der Waals surface area contributed by atoms with E-state index in [1.54, 1.807) is 0 Å². The van der Waals surface area contributed by atoms with Crippen molar-refractivity contribution in [3.63, 3.8) is 0 Å². The molecular formula is C10H11N3O5. The minimum atomic E-state index is -0.642. The number of para-hydroxylation sites is 1. The highest BCUT2D eigenvalue weighted by molar-refractivity contribution is 5.95. The van der Waals surface area contributed by atoms with Gasteiger partial charge in [0.2, 0.25) is 5.91 Å². The zero-order valence-electron chi connectivity index (χ0n) is 9.29. The number of nitrogens with zero attached hydrogens (tertiary/aromatic N) is 1. The van der Waals surface area contributed by atoms with E-state index in [0.29, 0.717) is 5.56 Å². The number of anilines is 1. The quantitative estimate of drug-likeness (QED) is 0.423. The van der Waals surface area contributed by atoms with Crippen molar-refractivity contribution in [1.29, 1.82) is 0 Å². The Balaban J connectivity index is 3.15. The van der Waals surface area contributed by atoms with Crippen molar-refractivity contribution in [2.75, 3.05) is 11.9 Å². The van der Waals surface area contributed by atoms with E-state index in [2.05, 4.69) is 10.1 Å². The molecule has 0 spiro atoms. The molecule has 0 radical (unpaired) electrons. The molecule has 1 aromatic rings. The largest absolute Gasteiger partial charge is 0.463 e. The minimum Gasteiger partial charge on any atom is -0.463 e. The van der Waals surface area contributed by atoms with Crippen LogP contribution in [-0.4, -0.2) is 23.8 Å². The number of carbonyl (C=O) groups excluding carboxylic acids is 2. The van der Waals surface area contributed by atoms with Crippen molar-refractivity contribution in [2.24, 2.45) is 5.73 Å². The van der Waals surface area contributed by atoms with Gasteiger partial charge in [-0.2, -0.15) is 0 Å². The van der Waals surface area contributed by atoms with E-state index >= 15 is 0 Å². The number of rotatable bonds is 6. The number of ether oxygens (including phenoxy) is 1. The zero-order chi connectivity index (χ0) is 13.5. The van der Waals surface area contributed by atoms with Gasteiger partial charge in [-0.15, -0.1) is 0 Å². The van der Waals surface area contributed by atoms with Crippen LogP contribution in [0.4, 0.5) is 11.4 Å². The molecule has 8 nitrogen and oxygen atoms in total. The first kappa shape index (κ1) is 13.6. The summed E-state index contributed by atoms with van der Waals surface area (Å²) in [4.78, 5) is 31.5. The Labute approximate surface area is 102 Å². The molecule has 1 amide bonds. The predicted octanol–water partition coefficient (Wildman–Crippen LogP) is 0.165. The lowest BCUT2D eigenvalue weighted by Gasteiger charge is -2.10. The maximum atomic E-state index is 11.2. The second-order valence-electron chi connectivity index (χ2n) is 3.23. The van der Waals surface area contributed by atoms with Gasteiger partial charge in [0.05, 0.1) is 11.5 Å². The lowest BCUT2D eigenvalue weighted by Crippen LogP contribution is -2.23. The number of nitrogens with one attached hydrogen (secondary N) is 1. The SMILES string of the molecule is NCC(=O)Nc1c(COC=O)cccc1[N+](=O)[O-]. The van der Waals surface area contributed by atoms with Crippen LogP contribution in [0.5, 0.6) is 0 Å². The fourth-order valence-electron chi connectivity index (χ4n) is 1.32. The first-order valence-electron chi connectivity index (χ1n) is 4.91. The average molecular weight is 253 g/mol. The smallest absolute Gasteiger partial charge is 0.293 e. The summed E-state index contributed by atoms with van der Waals surface area (Å²) in [7, 11) is 0. The molecule has 1 aromatic carbocycles. The molecule has 0 saturated carbocycles. The lowest BCUT2D eigenvalue weighted by molar-refractivity contribution is -0.384. The molecule has 0 saturated heterocycles. The Morgan fingerprint density at radius 3 is 2.83 bits per heavy atom. The molecule has 0 aromatic heterocycles. The van der Waals surface area contributed by atoms with Crippen LogP contribution >= 0.6 is 0 Å². The normalized spacial score (nSPS) is 9.61. The van der Waals surface area contributed by atoms with Gasteiger partial charge in [-0.1, -0.05) is 12.1 Å². The molecule has 1 rings (SSSR count). The standard InChI is InChI=1S/C10H11N3O5/c11-4-9(15)12-10-7(5-18-6-14)2-1-3-8(10)13(16)17/h1-3,6H,4-5,11H2,(H,12,15). The molecule has 0 unspecified atom stereocenters. The third-order valence-electron chi connectivity index (χ3n) is 2.08. The van der Waals surface area contributed by atoms with E-state index in [9.17, 15) is 19.7 Å². The van der Waals surface area contributed by atoms with Gasteiger partial charge in [-0.3, -0.25) is 19.7 Å². The zero-order valence-corrected chi connectivity index (χ0v) is 9.29. The molecule has 8 heteroatoms. The molecule has 96 valence electrons. The van der Waals surface area contributed by atoms with Gasteiger partial charge in [-0.05, 0) is 0 Å². The van der Waals surface area contributed by atoms with E-state index < -0.39 is 10.8 Å². The summed E-state index contributed by atoms with van der Waals surface area (Å²) < 4.78 is 4.52. The molecule has 0 aliphatic heterocycles. The van der Waals surface area contributed by atoms with Crippen molar-refractivity contribution >= 4 is 23.8 Å². The number of nitro groups is 1. The van der Waals surface area contributed by atoms with Gasteiger partial charge < -0.3 is 15.8 Å². The summed E-state index contributed by atoms with van der Waals surface area (Å²) in [6.45, 7) is -0.265.